The van der Waals surface area contributed by atoms with Gasteiger partial charge in [0.05, 0.1) is 6.10 Å². The Morgan fingerprint density at radius 2 is 2.14 bits per heavy atom. The molecule has 0 aromatic heterocycles. The Morgan fingerprint density at radius 3 is 2.95 bits per heavy atom. The van der Waals surface area contributed by atoms with E-state index in [0.717, 1.165) is 38.3 Å². The van der Waals surface area contributed by atoms with E-state index in [2.05, 4.69) is 45.6 Å². The third kappa shape index (κ3) is 3.93. The van der Waals surface area contributed by atoms with E-state index in [4.69, 9.17) is 0 Å². The van der Waals surface area contributed by atoms with Crippen molar-refractivity contribution in [3.05, 3.63) is 47.5 Å². The normalized spacial score (nSPS) is 19.8. The van der Waals surface area contributed by atoms with Crippen molar-refractivity contribution >= 4 is 5.84 Å². The van der Waals surface area contributed by atoms with Crippen LogP contribution in [0.5, 0.6) is 0 Å². The maximum atomic E-state index is 10.2. The second-order valence-electron chi connectivity index (χ2n) is 5.75. The number of aliphatic imine (C=N–C) groups is 1. The molecular formula is C17H23N3O. The quantitative estimate of drug-likeness (QED) is 0.878. The van der Waals surface area contributed by atoms with Gasteiger partial charge in [-0.15, -0.1) is 0 Å². The summed E-state index contributed by atoms with van der Waals surface area (Å²) in [7, 11) is 0. The molecule has 0 aliphatic carbocycles. The summed E-state index contributed by atoms with van der Waals surface area (Å²) >= 11 is 0. The minimum Gasteiger partial charge on any atom is -0.390 e. The summed E-state index contributed by atoms with van der Waals surface area (Å²) in [6.45, 7) is 4.07. The highest BCUT2D eigenvalue weighted by Crippen LogP contribution is 2.18. The lowest BCUT2D eigenvalue weighted by atomic mass is 10.00. The molecule has 2 aliphatic rings. The molecule has 4 nitrogen and oxygen atoms in total. The van der Waals surface area contributed by atoms with Gasteiger partial charge in [-0.3, -0.25) is 9.89 Å². The van der Waals surface area contributed by atoms with Gasteiger partial charge in [0, 0.05) is 32.7 Å². The summed E-state index contributed by atoms with van der Waals surface area (Å²) in [6.07, 6.45) is 5.83. The number of aliphatic hydroxyl groups excluding tert-OH is 1. The number of rotatable bonds is 4. The molecule has 0 amide bonds. The van der Waals surface area contributed by atoms with Crippen molar-refractivity contribution in [2.75, 3.05) is 26.2 Å². The topological polar surface area (TPSA) is 47.9 Å². The summed E-state index contributed by atoms with van der Waals surface area (Å²) in [5.74, 6) is 0.893. The summed E-state index contributed by atoms with van der Waals surface area (Å²) < 4.78 is 0. The van der Waals surface area contributed by atoms with Crippen LogP contribution >= 0.6 is 0 Å². The maximum Gasteiger partial charge on any atom is 0.120 e. The Kier molecular flexibility index (Phi) is 4.68. The molecule has 0 spiro atoms. The first kappa shape index (κ1) is 14.3. The minimum atomic E-state index is -0.367. The van der Waals surface area contributed by atoms with E-state index in [9.17, 15) is 5.11 Å². The highest BCUT2D eigenvalue weighted by molar-refractivity contribution is 5.93. The lowest BCUT2D eigenvalue weighted by molar-refractivity contribution is 0.108. The van der Waals surface area contributed by atoms with Gasteiger partial charge in [-0.25, -0.2) is 0 Å². The molecule has 1 unspecified atom stereocenters. The highest BCUT2D eigenvalue weighted by Gasteiger charge is 2.18. The fraction of sp³-hybridized carbons (Fsp3) is 0.471. The zero-order valence-electron chi connectivity index (χ0n) is 12.3. The molecule has 112 valence electrons. The fourth-order valence-electron chi connectivity index (χ4n) is 2.92. The third-order valence-electron chi connectivity index (χ3n) is 4.05. The molecule has 21 heavy (non-hydrogen) atoms. The minimum absolute atomic E-state index is 0.367. The predicted octanol–water partition coefficient (Wildman–Crippen LogP) is 1.35. The third-order valence-corrected chi connectivity index (χ3v) is 4.05. The van der Waals surface area contributed by atoms with Gasteiger partial charge in [-0.2, -0.15) is 0 Å². The molecule has 2 N–H and O–H groups in total. The Bertz CT molecular complexity index is 539. The SMILES string of the molecule is OC(CNC1=NCCC=C1)CN1CCc2ccccc2C1. The Labute approximate surface area is 126 Å². The largest absolute Gasteiger partial charge is 0.390 e. The van der Waals surface area contributed by atoms with Gasteiger partial charge < -0.3 is 10.4 Å². The number of aliphatic hydroxyl groups is 1. The Hall–Kier alpha value is -1.65. The molecule has 0 fully saturated rings. The van der Waals surface area contributed by atoms with E-state index in [1.54, 1.807) is 0 Å². The van der Waals surface area contributed by atoms with Crippen molar-refractivity contribution in [2.45, 2.75) is 25.5 Å². The van der Waals surface area contributed by atoms with Crippen LogP contribution in [0.2, 0.25) is 0 Å². The number of nitrogens with one attached hydrogen (secondary N) is 1. The average Bonchev–Trinajstić information content (AvgIpc) is 2.54. The standard InChI is InChI=1S/C17H23N3O/c21-16(11-19-17-7-3-4-9-18-17)13-20-10-8-14-5-1-2-6-15(14)12-20/h1-3,5-7,16,21H,4,8-13H2,(H,18,19). The second kappa shape index (κ2) is 6.87. The molecule has 4 heteroatoms. The van der Waals surface area contributed by atoms with Crippen LogP contribution in [0.1, 0.15) is 17.5 Å². The number of hydrogen-bond donors (Lipinski definition) is 2. The molecule has 0 radical (unpaired) electrons. The molecule has 0 saturated carbocycles. The van der Waals surface area contributed by atoms with Crippen LogP contribution in [0.3, 0.4) is 0 Å². The van der Waals surface area contributed by atoms with Crippen LogP contribution in [0.25, 0.3) is 0 Å². The van der Waals surface area contributed by atoms with Gasteiger partial charge in [0.1, 0.15) is 5.84 Å². The highest BCUT2D eigenvalue weighted by atomic mass is 16.3. The first-order valence-electron chi connectivity index (χ1n) is 7.73. The molecule has 1 aromatic carbocycles. The maximum absolute atomic E-state index is 10.2. The molecule has 2 heterocycles. The molecule has 2 aliphatic heterocycles. The number of β-amino-alcohol motifs (C(OH)–C–C–N with tert-alkyl or cyclic N) is 1. The first-order valence-corrected chi connectivity index (χ1v) is 7.73. The van der Waals surface area contributed by atoms with Gasteiger partial charge in [-0.1, -0.05) is 30.3 Å². The van der Waals surface area contributed by atoms with Gasteiger partial charge in [0.15, 0.2) is 0 Å². The van der Waals surface area contributed by atoms with Gasteiger partial charge in [0.2, 0.25) is 0 Å². The van der Waals surface area contributed by atoms with Gasteiger partial charge >= 0.3 is 0 Å². The Balaban J connectivity index is 1.46. The van der Waals surface area contributed by atoms with E-state index in [0.29, 0.717) is 13.1 Å². The molecule has 1 aromatic rings. The molecular weight excluding hydrogens is 262 g/mol. The predicted molar refractivity (Wildman–Crippen MR) is 85.5 cm³/mol. The molecule has 0 saturated heterocycles. The van der Waals surface area contributed by atoms with E-state index >= 15 is 0 Å². The molecule has 3 rings (SSSR count). The van der Waals surface area contributed by atoms with Gasteiger partial charge in [-0.05, 0) is 30.0 Å². The van der Waals surface area contributed by atoms with Crippen molar-refractivity contribution in [3.8, 4) is 0 Å². The lowest BCUT2D eigenvalue weighted by Crippen LogP contribution is -2.41. The second-order valence-corrected chi connectivity index (χ2v) is 5.75. The number of fused-ring (bicyclic) bond motifs is 1. The van der Waals surface area contributed by atoms with Crippen molar-refractivity contribution in [1.29, 1.82) is 0 Å². The van der Waals surface area contributed by atoms with E-state index < -0.39 is 0 Å². The van der Waals surface area contributed by atoms with Crippen molar-refractivity contribution in [1.82, 2.24) is 10.2 Å². The van der Waals surface area contributed by atoms with Gasteiger partial charge in [0.25, 0.3) is 0 Å². The van der Waals surface area contributed by atoms with Crippen LogP contribution in [-0.2, 0) is 13.0 Å². The fourth-order valence-corrected chi connectivity index (χ4v) is 2.92. The van der Waals surface area contributed by atoms with Crippen LogP contribution < -0.4 is 5.32 Å². The summed E-state index contributed by atoms with van der Waals surface area (Å²) in [5.41, 5.74) is 2.84. The lowest BCUT2D eigenvalue weighted by Gasteiger charge is -2.30. The number of benzene rings is 1. The molecule has 0 bridgehead atoms. The van der Waals surface area contributed by atoms with E-state index in [1.165, 1.54) is 11.1 Å². The van der Waals surface area contributed by atoms with Crippen LogP contribution in [-0.4, -0.2) is 48.1 Å². The van der Waals surface area contributed by atoms with Crippen LogP contribution in [0, 0.1) is 0 Å². The smallest absolute Gasteiger partial charge is 0.120 e. The Morgan fingerprint density at radius 1 is 1.29 bits per heavy atom. The van der Waals surface area contributed by atoms with Crippen LogP contribution in [0.15, 0.2) is 41.4 Å². The number of amidine groups is 1. The van der Waals surface area contributed by atoms with Crippen molar-refractivity contribution in [3.63, 3.8) is 0 Å². The van der Waals surface area contributed by atoms with Crippen molar-refractivity contribution < 1.29 is 5.11 Å². The monoisotopic (exact) mass is 285 g/mol. The van der Waals surface area contributed by atoms with E-state index in [1.807, 2.05) is 6.08 Å². The summed E-state index contributed by atoms with van der Waals surface area (Å²) in [5, 5.41) is 13.4. The summed E-state index contributed by atoms with van der Waals surface area (Å²) in [6, 6.07) is 8.59. The number of dihydropyridines is 1. The molecule has 1 atom stereocenters. The zero-order chi connectivity index (χ0) is 14.5. The van der Waals surface area contributed by atoms with Crippen molar-refractivity contribution in [2.24, 2.45) is 4.99 Å². The number of nitrogens with zero attached hydrogens (tertiary/aromatic N) is 2. The first-order chi connectivity index (χ1) is 10.3. The zero-order valence-corrected chi connectivity index (χ0v) is 12.3. The van der Waals surface area contributed by atoms with E-state index in [-0.39, 0.29) is 6.10 Å². The van der Waals surface area contributed by atoms with Crippen LogP contribution in [0.4, 0.5) is 0 Å². The summed E-state index contributed by atoms with van der Waals surface area (Å²) in [4.78, 5) is 6.70. The average molecular weight is 285 g/mol. The number of hydrogen-bond acceptors (Lipinski definition) is 4.